The van der Waals surface area contributed by atoms with Crippen molar-refractivity contribution in [3.63, 3.8) is 0 Å². The lowest BCUT2D eigenvalue weighted by atomic mass is 9.87. The smallest absolute Gasteiger partial charge is 0.320 e. The Kier molecular flexibility index (Phi) is 5.05. The number of carboxylic acid groups (broad SMARTS) is 1. The highest BCUT2D eigenvalue weighted by Crippen LogP contribution is 2.23. The van der Waals surface area contributed by atoms with E-state index in [4.69, 9.17) is 5.11 Å². The van der Waals surface area contributed by atoms with E-state index in [9.17, 15) is 9.90 Å². The van der Waals surface area contributed by atoms with Gasteiger partial charge < -0.3 is 15.5 Å². The molecular weight excluding hydrogens is 194 g/mol. The van der Waals surface area contributed by atoms with Crippen LogP contribution in [0, 0.1) is 5.92 Å². The number of rotatable bonds is 5. The number of hydrogen-bond acceptors (Lipinski definition) is 3. The molecule has 3 N–H and O–H groups in total. The highest BCUT2D eigenvalue weighted by atomic mass is 16.4. The molecule has 15 heavy (non-hydrogen) atoms. The summed E-state index contributed by atoms with van der Waals surface area (Å²) in [7, 11) is 0. The maximum atomic E-state index is 10.8. The zero-order valence-corrected chi connectivity index (χ0v) is 9.28. The SMILES string of the molecule is CCC(NCC1CCC(O)CC1)C(=O)O. The Bertz CT molecular complexity index is 200. The molecule has 0 aromatic rings. The average Bonchev–Trinajstić information content (AvgIpc) is 2.21. The van der Waals surface area contributed by atoms with E-state index in [-0.39, 0.29) is 6.10 Å². The molecule has 0 saturated heterocycles. The van der Waals surface area contributed by atoms with Crippen molar-refractivity contribution in [1.29, 1.82) is 0 Å². The molecular formula is C11H21NO3. The van der Waals surface area contributed by atoms with Crippen LogP contribution in [-0.4, -0.2) is 34.9 Å². The molecule has 1 rings (SSSR count). The molecule has 1 unspecified atom stereocenters. The summed E-state index contributed by atoms with van der Waals surface area (Å²) in [5.74, 6) is -0.241. The third kappa shape index (κ3) is 4.18. The second-order valence-electron chi connectivity index (χ2n) is 4.38. The summed E-state index contributed by atoms with van der Waals surface area (Å²) in [6, 6.07) is -0.420. The van der Waals surface area contributed by atoms with Crippen LogP contribution >= 0.6 is 0 Å². The van der Waals surface area contributed by atoms with Gasteiger partial charge in [0, 0.05) is 0 Å². The fourth-order valence-corrected chi connectivity index (χ4v) is 2.06. The van der Waals surface area contributed by atoms with Gasteiger partial charge in [-0.3, -0.25) is 4.79 Å². The van der Waals surface area contributed by atoms with E-state index in [1.54, 1.807) is 0 Å². The Morgan fingerprint density at radius 3 is 2.47 bits per heavy atom. The summed E-state index contributed by atoms with van der Waals surface area (Å²) in [4.78, 5) is 10.8. The first-order valence-corrected chi connectivity index (χ1v) is 5.77. The molecule has 0 aromatic carbocycles. The maximum absolute atomic E-state index is 10.8. The van der Waals surface area contributed by atoms with Gasteiger partial charge in [0.15, 0.2) is 0 Å². The van der Waals surface area contributed by atoms with Crippen LogP contribution in [0.25, 0.3) is 0 Å². The molecule has 1 atom stereocenters. The fourth-order valence-electron chi connectivity index (χ4n) is 2.06. The van der Waals surface area contributed by atoms with Gasteiger partial charge in [0.05, 0.1) is 6.10 Å². The molecule has 0 radical (unpaired) electrons. The van der Waals surface area contributed by atoms with Crippen LogP contribution < -0.4 is 5.32 Å². The molecule has 1 saturated carbocycles. The van der Waals surface area contributed by atoms with Gasteiger partial charge in [-0.15, -0.1) is 0 Å². The second kappa shape index (κ2) is 6.08. The van der Waals surface area contributed by atoms with Crippen molar-refractivity contribution in [1.82, 2.24) is 5.32 Å². The first-order valence-electron chi connectivity index (χ1n) is 5.77. The number of aliphatic hydroxyl groups is 1. The monoisotopic (exact) mass is 215 g/mol. The number of carbonyl (C=O) groups is 1. The van der Waals surface area contributed by atoms with Crippen LogP contribution in [-0.2, 0) is 4.79 Å². The molecule has 1 fully saturated rings. The topological polar surface area (TPSA) is 69.6 Å². The van der Waals surface area contributed by atoms with Gasteiger partial charge in [-0.1, -0.05) is 6.92 Å². The second-order valence-corrected chi connectivity index (χ2v) is 4.38. The lowest BCUT2D eigenvalue weighted by molar-refractivity contribution is -0.139. The van der Waals surface area contributed by atoms with E-state index in [0.29, 0.717) is 12.3 Å². The molecule has 1 aliphatic carbocycles. The van der Waals surface area contributed by atoms with Crippen molar-refractivity contribution < 1.29 is 15.0 Å². The molecule has 0 aromatic heterocycles. The summed E-state index contributed by atoms with van der Waals surface area (Å²) in [6.07, 6.45) is 4.20. The van der Waals surface area contributed by atoms with Gasteiger partial charge in [0.2, 0.25) is 0 Å². The molecule has 88 valence electrons. The molecule has 0 heterocycles. The normalized spacial score (nSPS) is 28.7. The summed E-state index contributed by atoms with van der Waals surface area (Å²) < 4.78 is 0. The van der Waals surface area contributed by atoms with Gasteiger partial charge in [-0.05, 0) is 44.6 Å². The summed E-state index contributed by atoms with van der Waals surface area (Å²) in [5.41, 5.74) is 0. The van der Waals surface area contributed by atoms with Crippen molar-refractivity contribution in [3.8, 4) is 0 Å². The van der Waals surface area contributed by atoms with E-state index in [1.807, 2.05) is 6.92 Å². The van der Waals surface area contributed by atoms with Crippen molar-refractivity contribution >= 4 is 5.97 Å². The third-order valence-corrected chi connectivity index (χ3v) is 3.18. The quantitative estimate of drug-likeness (QED) is 0.639. The minimum atomic E-state index is -0.770. The van der Waals surface area contributed by atoms with Crippen molar-refractivity contribution in [3.05, 3.63) is 0 Å². The van der Waals surface area contributed by atoms with Crippen LogP contribution in [0.3, 0.4) is 0 Å². The Morgan fingerprint density at radius 1 is 1.40 bits per heavy atom. The standard InChI is InChI=1S/C11H21NO3/c1-2-10(11(14)15)12-7-8-3-5-9(13)6-4-8/h8-10,12-13H,2-7H2,1H3,(H,14,15). The van der Waals surface area contributed by atoms with Gasteiger partial charge in [0.1, 0.15) is 6.04 Å². The lowest BCUT2D eigenvalue weighted by Crippen LogP contribution is -2.39. The molecule has 0 bridgehead atoms. The van der Waals surface area contributed by atoms with Crippen molar-refractivity contribution in [2.75, 3.05) is 6.54 Å². The largest absolute Gasteiger partial charge is 0.480 e. The minimum absolute atomic E-state index is 0.136. The number of carboxylic acids is 1. The van der Waals surface area contributed by atoms with E-state index >= 15 is 0 Å². The molecule has 0 spiro atoms. The highest BCUT2D eigenvalue weighted by Gasteiger charge is 2.21. The summed E-state index contributed by atoms with van der Waals surface area (Å²) in [6.45, 7) is 2.63. The fraction of sp³-hybridized carbons (Fsp3) is 0.909. The van der Waals surface area contributed by atoms with E-state index in [0.717, 1.165) is 32.2 Å². The van der Waals surface area contributed by atoms with Crippen molar-refractivity contribution in [2.45, 2.75) is 51.2 Å². The molecule has 4 heteroatoms. The summed E-state index contributed by atoms with van der Waals surface area (Å²) >= 11 is 0. The Labute approximate surface area is 90.7 Å². The van der Waals surface area contributed by atoms with E-state index in [2.05, 4.69) is 5.32 Å². The first-order chi connectivity index (χ1) is 7.13. The van der Waals surface area contributed by atoms with E-state index < -0.39 is 12.0 Å². The van der Waals surface area contributed by atoms with Crippen LogP contribution in [0.5, 0.6) is 0 Å². The predicted octanol–water partition coefficient (Wildman–Crippen LogP) is 0.990. The Balaban J connectivity index is 2.21. The van der Waals surface area contributed by atoms with Gasteiger partial charge in [-0.2, -0.15) is 0 Å². The number of nitrogens with one attached hydrogen (secondary N) is 1. The van der Waals surface area contributed by atoms with Gasteiger partial charge in [0.25, 0.3) is 0 Å². The Morgan fingerprint density at radius 2 is 2.00 bits per heavy atom. The minimum Gasteiger partial charge on any atom is -0.480 e. The van der Waals surface area contributed by atoms with Gasteiger partial charge >= 0.3 is 5.97 Å². The molecule has 0 amide bonds. The maximum Gasteiger partial charge on any atom is 0.320 e. The Hall–Kier alpha value is -0.610. The highest BCUT2D eigenvalue weighted by molar-refractivity contribution is 5.73. The third-order valence-electron chi connectivity index (χ3n) is 3.18. The van der Waals surface area contributed by atoms with Crippen LogP contribution in [0.2, 0.25) is 0 Å². The average molecular weight is 215 g/mol. The number of hydrogen-bond donors (Lipinski definition) is 3. The summed E-state index contributed by atoms with van der Waals surface area (Å²) in [5, 5.41) is 21.2. The van der Waals surface area contributed by atoms with Crippen LogP contribution in [0.1, 0.15) is 39.0 Å². The van der Waals surface area contributed by atoms with Gasteiger partial charge in [-0.25, -0.2) is 0 Å². The molecule has 4 nitrogen and oxygen atoms in total. The van der Waals surface area contributed by atoms with Crippen LogP contribution in [0.4, 0.5) is 0 Å². The van der Waals surface area contributed by atoms with E-state index in [1.165, 1.54) is 0 Å². The van der Waals surface area contributed by atoms with Crippen molar-refractivity contribution in [2.24, 2.45) is 5.92 Å². The number of aliphatic carboxylic acids is 1. The number of aliphatic hydroxyl groups excluding tert-OH is 1. The molecule has 1 aliphatic rings. The zero-order valence-electron chi connectivity index (χ0n) is 9.28. The first kappa shape index (κ1) is 12.5. The zero-order chi connectivity index (χ0) is 11.3. The lowest BCUT2D eigenvalue weighted by Gasteiger charge is -2.26. The van der Waals surface area contributed by atoms with Crippen LogP contribution in [0.15, 0.2) is 0 Å². The molecule has 0 aliphatic heterocycles. The predicted molar refractivity (Wildman–Crippen MR) is 57.7 cm³/mol.